The summed E-state index contributed by atoms with van der Waals surface area (Å²) in [5.41, 5.74) is 8.27. The van der Waals surface area contributed by atoms with Gasteiger partial charge in [-0.1, -0.05) is 42.5 Å². The molecule has 0 saturated carbocycles. The number of carbonyl (C=O) groups excluding carboxylic acids is 3. The van der Waals surface area contributed by atoms with Crippen LogP contribution >= 0.6 is 0 Å². The molecule has 0 fully saturated rings. The Bertz CT molecular complexity index is 1360. The molecule has 0 spiro atoms. The second-order valence-electron chi connectivity index (χ2n) is 7.59. The van der Waals surface area contributed by atoms with Gasteiger partial charge in [0.05, 0.1) is 34.1 Å². The summed E-state index contributed by atoms with van der Waals surface area (Å²) in [4.78, 5) is 41.7. The number of rotatable bonds is 8. The number of para-hydroxylation sites is 1. The summed E-state index contributed by atoms with van der Waals surface area (Å²) in [6.45, 7) is 2.66. The molecule has 0 unspecified atom stereocenters. The fourth-order valence-electron chi connectivity index (χ4n) is 3.60. The predicted octanol–water partition coefficient (Wildman–Crippen LogP) is 2.98. The van der Waals surface area contributed by atoms with Crippen molar-refractivity contribution in [2.45, 2.75) is 19.9 Å². The van der Waals surface area contributed by atoms with E-state index in [0.29, 0.717) is 34.5 Å². The molecule has 0 radical (unpaired) electrons. The zero-order valence-corrected chi connectivity index (χ0v) is 18.6. The number of primary amides is 1. The Morgan fingerprint density at radius 2 is 1.71 bits per heavy atom. The van der Waals surface area contributed by atoms with Gasteiger partial charge in [-0.3, -0.25) is 14.4 Å². The number of nitrogens with two attached hydrogens (primary N) is 1. The molecule has 3 amide bonds. The topological polar surface area (TPSA) is 132 Å². The molecule has 9 nitrogen and oxygen atoms in total. The first-order chi connectivity index (χ1) is 16.5. The summed E-state index contributed by atoms with van der Waals surface area (Å²) >= 11 is 0. The highest BCUT2D eigenvalue weighted by Gasteiger charge is 2.19. The molecule has 2 aromatic heterocycles. The lowest BCUT2D eigenvalue weighted by Crippen LogP contribution is -2.28. The molecule has 172 valence electrons. The number of fused-ring (bicyclic) bond motifs is 1. The first-order valence-electron chi connectivity index (χ1n) is 10.9. The molecule has 0 saturated heterocycles. The van der Waals surface area contributed by atoms with E-state index in [0.717, 1.165) is 5.56 Å². The summed E-state index contributed by atoms with van der Waals surface area (Å²) in [5, 5.41) is 10.5. The van der Waals surface area contributed by atoms with Crippen LogP contribution in [0.1, 0.15) is 34.1 Å². The van der Waals surface area contributed by atoms with Crippen LogP contribution in [0.25, 0.3) is 22.3 Å². The fraction of sp³-hybridized carbons (Fsp3) is 0.160. The summed E-state index contributed by atoms with van der Waals surface area (Å²) in [6.07, 6.45) is 1.65. The van der Waals surface area contributed by atoms with E-state index in [4.69, 9.17) is 10.7 Å². The van der Waals surface area contributed by atoms with Gasteiger partial charge in [0.2, 0.25) is 5.91 Å². The molecule has 0 aliphatic rings. The number of hydrogen-bond donors (Lipinski definition) is 3. The zero-order valence-electron chi connectivity index (χ0n) is 18.6. The first-order valence-corrected chi connectivity index (χ1v) is 10.9. The summed E-state index contributed by atoms with van der Waals surface area (Å²) in [5.74, 6) is -1.32. The molecule has 0 aliphatic heterocycles. The third-order valence-corrected chi connectivity index (χ3v) is 5.30. The largest absolute Gasteiger partial charge is 0.370 e. The van der Waals surface area contributed by atoms with Crippen molar-refractivity contribution in [2.75, 3.05) is 11.9 Å². The van der Waals surface area contributed by atoms with E-state index in [9.17, 15) is 14.4 Å². The van der Waals surface area contributed by atoms with Crippen molar-refractivity contribution >= 4 is 34.4 Å². The molecule has 4 rings (SSSR count). The number of nitrogens with zero attached hydrogens (tertiary/aromatic N) is 3. The van der Waals surface area contributed by atoms with Gasteiger partial charge >= 0.3 is 0 Å². The second-order valence-corrected chi connectivity index (χ2v) is 7.59. The molecule has 4 N–H and O–H groups in total. The molecule has 34 heavy (non-hydrogen) atoms. The number of anilines is 1. The van der Waals surface area contributed by atoms with E-state index in [1.807, 2.05) is 37.3 Å². The summed E-state index contributed by atoms with van der Waals surface area (Å²) < 4.78 is 1.73. The standard InChI is InChI=1S/C25H24N6O3/c1-2-31-23-19(15-28-31)18(14-21(29-23)16-8-4-3-5-9-16)25(34)30-20-11-7-6-10-17(20)24(33)27-13-12-22(26)32/h3-11,14-15H,2,12-13H2,1H3,(H2,26,32)(H,27,33)(H,30,34). The minimum atomic E-state index is -0.509. The van der Waals surface area contributed by atoms with Crippen LogP contribution in [-0.4, -0.2) is 39.0 Å². The van der Waals surface area contributed by atoms with Gasteiger partial charge in [-0.15, -0.1) is 0 Å². The van der Waals surface area contributed by atoms with Crippen LogP contribution in [0.2, 0.25) is 0 Å². The molecule has 4 aromatic rings. The summed E-state index contributed by atoms with van der Waals surface area (Å²) in [6, 6.07) is 18.0. The molecular formula is C25H24N6O3. The van der Waals surface area contributed by atoms with E-state index in [1.165, 1.54) is 0 Å². The lowest BCUT2D eigenvalue weighted by atomic mass is 10.1. The van der Waals surface area contributed by atoms with Crippen LogP contribution in [0, 0.1) is 0 Å². The zero-order chi connectivity index (χ0) is 24.1. The Morgan fingerprint density at radius 1 is 0.971 bits per heavy atom. The van der Waals surface area contributed by atoms with Gasteiger partial charge in [0.25, 0.3) is 11.8 Å². The van der Waals surface area contributed by atoms with E-state index >= 15 is 0 Å². The molecule has 0 atom stereocenters. The van der Waals surface area contributed by atoms with Gasteiger partial charge in [0, 0.05) is 25.1 Å². The quantitative estimate of drug-likeness (QED) is 0.375. The third-order valence-electron chi connectivity index (χ3n) is 5.30. The van der Waals surface area contributed by atoms with Gasteiger partial charge < -0.3 is 16.4 Å². The number of nitrogens with one attached hydrogen (secondary N) is 2. The van der Waals surface area contributed by atoms with Crippen molar-refractivity contribution in [3.8, 4) is 11.3 Å². The van der Waals surface area contributed by atoms with Crippen LogP contribution in [-0.2, 0) is 11.3 Å². The Kier molecular flexibility index (Phi) is 6.63. The van der Waals surface area contributed by atoms with Crippen molar-refractivity contribution < 1.29 is 14.4 Å². The number of carbonyl (C=O) groups is 3. The maximum atomic E-state index is 13.4. The molecular weight excluding hydrogens is 432 g/mol. The maximum absolute atomic E-state index is 13.4. The number of hydrogen-bond acceptors (Lipinski definition) is 5. The van der Waals surface area contributed by atoms with Gasteiger partial charge in [-0.05, 0) is 25.1 Å². The Hall–Kier alpha value is -4.53. The van der Waals surface area contributed by atoms with Crippen molar-refractivity contribution in [2.24, 2.45) is 5.73 Å². The highest BCUT2D eigenvalue weighted by molar-refractivity contribution is 6.14. The molecule has 0 bridgehead atoms. The average Bonchev–Trinajstić information content (AvgIpc) is 3.27. The van der Waals surface area contributed by atoms with Gasteiger partial charge in [-0.2, -0.15) is 5.10 Å². The van der Waals surface area contributed by atoms with E-state index < -0.39 is 17.7 Å². The SMILES string of the molecule is CCn1ncc2c(C(=O)Nc3ccccc3C(=O)NCCC(N)=O)cc(-c3ccccc3)nc21. The van der Waals surface area contributed by atoms with E-state index in [-0.39, 0.29) is 18.5 Å². The average molecular weight is 457 g/mol. The normalized spacial score (nSPS) is 10.7. The Labute approximate surface area is 196 Å². The third kappa shape index (κ3) is 4.78. The van der Waals surface area contributed by atoms with Crippen molar-refractivity contribution in [1.82, 2.24) is 20.1 Å². The van der Waals surface area contributed by atoms with Gasteiger partial charge in [-0.25, -0.2) is 9.67 Å². The minimum Gasteiger partial charge on any atom is -0.370 e. The van der Waals surface area contributed by atoms with Crippen LogP contribution < -0.4 is 16.4 Å². The maximum Gasteiger partial charge on any atom is 0.256 e. The summed E-state index contributed by atoms with van der Waals surface area (Å²) in [7, 11) is 0. The highest BCUT2D eigenvalue weighted by atomic mass is 16.2. The number of pyridine rings is 1. The Morgan fingerprint density at radius 3 is 2.44 bits per heavy atom. The minimum absolute atomic E-state index is 0.0267. The first kappa shape index (κ1) is 22.7. The predicted molar refractivity (Wildman–Crippen MR) is 129 cm³/mol. The molecule has 2 heterocycles. The van der Waals surface area contributed by atoms with Crippen LogP contribution in [0.5, 0.6) is 0 Å². The highest BCUT2D eigenvalue weighted by Crippen LogP contribution is 2.26. The van der Waals surface area contributed by atoms with Crippen molar-refractivity contribution in [3.05, 3.63) is 78.0 Å². The van der Waals surface area contributed by atoms with Crippen molar-refractivity contribution in [3.63, 3.8) is 0 Å². The second kappa shape index (κ2) is 9.95. The van der Waals surface area contributed by atoms with Crippen LogP contribution in [0.15, 0.2) is 66.9 Å². The number of aryl methyl sites for hydroxylation is 1. The number of benzene rings is 2. The molecule has 2 aromatic carbocycles. The van der Waals surface area contributed by atoms with Crippen LogP contribution in [0.3, 0.4) is 0 Å². The van der Waals surface area contributed by atoms with E-state index in [2.05, 4.69) is 15.7 Å². The monoisotopic (exact) mass is 456 g/mol. The van der Waals surface area contributed by atoms with E-state index in [1.54, 1.807) is 41.2 Å². The molecule has 9 heteroatoms. The number of aromatic nitrogens is 3. The van der Waals surface area contributed by atoms with Gasteiger partial charge in [0.1, 0.15) is 0 Å². The lowest BCUT2D eigenvalue weighted by molar-refractivity contribution is -0.117. The van der Waals surface area contributed by atoms with Crippen LogP contribution in [0.4, 0.5) is 5.69 Å². The van der Waals surface area contributed by atoms with Crippen molar-refractivity contribution in [1.29, 1.82) is 0 Å². The Balaban J connectivity index is 1.69. The molecule has 0 aliphatic carbocycles. The number of amides is 3. The lowest BCUT2D eigenvalue weighted by Gasteiger charge is -2.13. The smallest absolute Gasteiger partial charge is 0.256 e. The fourth-order valence-corrected chi connectivity index (χ4v) is 3.60. The van der Waals surface area contributed by atoms with Gasteiger partial charge in [0.15, 0.2) is 5.65 Å².